The fraction of sp³-hybridized carbons (Fsp3) is 0. The van der Waals surface area contributed by atoms with Crippen molar-refractivity contribution in [1.82, 2.24) is 0 Å². The van der Waals surface area contributed by atoms with Crippen molar-refractivity contribution in [2.24, 2.45) is 0 Å². The van der Waals surface area contributed by atoms with Gasteiger partial charge >= 0.3 is 0 Å². The minimum absolute atomic E-state index is 0. The number of hydrogen-bond acceptors (Lipinski definition) is 2. The van der Waals surface area contributed by atoms with Gasteiger partial charge in [-0.05, 0) is 0 Å². The van der Waals surface area contributed by atoms with Crippen molar-refractivity contribution in [1.29, 1.82) is 0 Å². The molecule has 4 N–H and O–H groups in total. The first-order chi connectivity index (χ1) is 0. The van der Waals surface area contributed by atoms with E-state index < -0.39 is 0 Å². The van der Waals surface area contributed by atoms with E-state index in [1.807, 2.05) is 0 Å². The molecule has 0 aromatic heterocycles. The van der Waals surface area contributed by atoms with Gasteiger partial charge in [-0.15, -0.1) is 0 Å². The van der Waals surface area contributed by atoms with Crippen LogP contribution in [0.4, 0.5) is 0 Å². The average molecular weight is 107 g/mol. The smallest absolute Gasteiger partial charge is 0 e. The van der Waals surface area contributed by atoms with Gasteiger partial charge in [0.25, 0.3) is 0 Å². The van der Waals surface area contributed by atoms with Crippen molar-refractivity contribution in [2.75, 3.05) is 0 Å². The summed E-state index contributed by atoms with van der Waals surface area (Å²) in [6.07, 6.45) is 0. The largest absolute Gasteiger partial charge is 0.870 e. The molecule has 0 unspecified atom stereocenters. The summed E-state index contributed by atoms with van der Waals surface area (Å²) in [5, 5.41) is 0. The van der Waals surface area contributed by atoms with Crippen molar-refractivity contribution in [3.8, 4) is 0 Å². The first kappa shape index (κ1) is 319. The molecule has 0 bridgehead atoms. The summed E-state index contributed by atoms with van der Waals surface area (Å²) >= 11 is 0. The van der Waals surface area contributed by atoms with Gasteiger partial charge in [-0.3, -0.25) is 0 Å². The molecule has 3 nitrogen and oxygen atoms in total. The maximum absolute atomic E-state index is 0. The third kappa shape index (κ3) is 29.4. The Kier molecular flexibility index (Phi) is 9770. The van der Waals surface area contributed by atoms with E-state index in [0.717, 1.165) is 0 Å². The molecule has 0 aromatic carbocycles. The summed E-state index contributed by atoms with van der Waals surface area (Å²) in [6.45, 7) is 0. The van der Waals surface area contributed by atoms with Crippen molar-refractivity contribution in [2.45, 2.75) is 0 Å². The van der Waals surface area contributed by atoms with E-state index in [-0.39, 0.29) is 33.5 Å². The zero-order valence-corrected chi connectivity index (χ0v) is 2.95. The summed E-state index contributed by atoms with van der Waals surface area (Å²) in [5.41, 5.74) is 0. The van der Waals surface area contributed by atoms with E-state index in [9.17, 15) is 0 Å². The van der Waals surface area contributed by atoms with Gasteiger partial charge in [-0.2, -0.15) is 0 Å². The Bertz CT molecular complexity index is 3.25. The van der Waals surface area contributed by atoms with Crippen LogP contribution >= 0.6 is 0 Å². The van der Waals surface area contributed by atoms with Crippen LogP contribution in [0.5, 0.6) is 0 Å². The van der Waals surface area contributed by atoms with Crippen molar-refractivity contribution in [3.63, 3.8) is 0 Å². The average Bonchev–Trinajstić information content (AvgIpc) is 0. The minimum Gasteiger partial charge on any atom is -0.870 e. The van der Waals surface area contributed by atoms with Crippen LogP contribution in [-0.4, -0.2) is 16.4 Å². The molecule has 0 atom stereocenters. The van der Waals surface area contributed by atoms with Crippen molar-refractivity contribution in [3.05, 3.63) is 0 Å². The molecule has 0 aliphatic carbocycles. The van der Waals surface area contributed by atoms with Gasteiger partial charge in [-0.25, -0.2) is 0 Å². The number of hydrogen-bond donors (Lipinski definition) is 0. The normalized spacial score (nSPS) is 0. The van der Waals surface area contributed by atoms with Crippen LogP contribution in [0.15, 0.2) is 0 Å². The summed E-state index contributed by atoms with van der Waals surface area (Å²) < 4.78 is 0. The van der Waals surface area contributed by atoms with Crippen LogP contribution in [0.1, 0.15) is 0 Å². The Morgan fingerprint density at radius 2 is 0.750 bits per heavy atom. The standard InChI is InChI=1S/Mn.3H2O/h;3*1H2/p-2. The predicted molar refractivity (Wildman–Crippen MR) is 7.49 cm³/mol. The molecule has 4 heavy (non-hydrogen) atoms. The van der Waals surface area contributed by atoms with Gasteiger partial charge in [0.05, 0.1) is 0 Å². The Hall–Kier alpha value is 0.399. The van der Waals surface area contributed by atoms with Crippen molar-refractivity contribution < 1.29 is 33.5 Å². The monoisotopic (exact) mass is 107 g/mol. The second-order valence-corrected chi connectivity index (χ2v) is 0. The molecule has 0 amide bonds. The van der Waals surface area contributed by atoms with E-state index in [4.69, 9.17) is 0 Å². The molecule has 0 saturated carbocycles. The van der Waals surface area contributed by atoms with Crippen LogP contribution in [0.2, 0.25) is 0 Å². The molecular formula is H4MnO3-2. The molecular weight excluding hydrogens is 103 g/mol. The van der Waals surface area contributed by atoms with Crippen LogP contribution in [0.3, 0.4) is 0 Å². The van der Waals surface area contributed by atoms with Crippen LogP contribution in [0, 0.1) is 0 Å². The molecule has 0 spiro atoms. The maximum atomic E-state index is 0. The van der Waals surface area contributed by atoms with Gasteiger partial charge in [0.2, 0.25) is 0 Å². The molecule has 0 aromatic rings. The molecule has 0 fully saturated rings. The SMILES string of the molecule is O.[Mn].[OH-].[OH-]. The summed E-state index contributed by atoms with van der Waals surface area (Å²) in [5.74, 6) is 0. The fourth-order valence-corrected chi connectivity index (χ4v) is 0. The van der Waals surface area contributed by atoms with Crippen molar-refractivity contribution >= 4 is 0 Å². The van der Waals surface area contributed by atoms with E-state index in [1.165, 1.54) is 0 Å². The molecule has 4 heteroatoms. The molecule has 31 valence electrons. The molecule has 0 aliphatic rings. The fourth-order valence-electron chi connectivity index (χ4n) is 0. The predicted octanol–water partition coefficient (Wildman–Crippen LogP) is -1.18. The molecule has 0 heterocycles. The Morgan fingerprint density at radius 3 is 0.750 bits per heavy atom. The Balaban J connectivity index is 0. The quantitative estimate of drug-likeness (QED) is 0.364. The zero-order valence-electron chi connectivity index (χ0n) is 1.77. The van der Waals surface area contributed by atoms with Gasteiger partial charge in [0.15, 0.2) is 0 Å². The number of rotatable bonds is 0. The third-order valence-electron chi connectivity index (χ3n) is 0. The van der Waals surface area contributed by atoms with E-state index in [1.54, 1.807) is 0 Å². The summed E-state index contributed by atoms with van der Waals surface area (Å²) in [6, 6.07) is 0. The van der Waals surface area contributed by atoms with Crippen LogP contribution in [0.25, 0.3) is 0 Å². The second-order valence-electron chi connectivity index (χ2n) is 0. The Labute approximate surface area is 34.4 Å². The summed E-state index contributed by atoms with van der Waals surface area (Å²) in [7, 11) is 0. The zero-order chi connectivity index (χ0) is 0. The van der Waals surface area contributed by atoms with E-state index >= 15 is 0 Å². The first-order valence-electron chi connectivity index (χ1n) is 0. The van der Waals surface area contributed by atoms with Crippen LogP contribution < -0.4 is 0 Å². The van der Waals surface area contributed by atoms with E-state index in [2.05, 4.69) is 0 Å². The molecule has 1 radical (unpaired) electrons. The maximum Gasteiger partial charge on any atom is 0 e. The third-order valence-corrected chi connectivity index (χ3v) is 0. The molecule has 0 aliphatic heterocycles. The minimum atomic E-state index is 0. The molecule has 0 saturated heterocycles. The topological polar surface area (TPSA) is 91.5 Å². The van der Waals surface area contributed by atoms with Crippen LogP contribution in [-0.2, 0) is 17.1 Å². The van der Waals surface area contributed by atoms with Gasteiger partial charge < -0.3 is 16.4 Å². The summed E-state index contributed by atoms with van der Waals surface area (Å²) in [4.78, 5) is 0. The second kappa shape index (κ2) is 123. The van der Waals surface area contributed by atoms with Gasteiger partial charge in [0, 0.05) is 17.1 Å². The first-order valence-corrected chi connectivity index (χ1v) is 0. The van der Waals surface area contributed by atoms with E-state index in [0.29, 0.717) is 0 Å². The Morgan fingerprint density at radius 1 is 0.750 bits per heavy atom. The van der Waals surface area contributed by atoms with Gasteiger partial charge in [0.1, 0.15) is 0 Å². The van der Waals surface area contributed by atoms with Gasteiger partial charge in [-0.1, -0.05) is 0 Å². The molecule has 0 rings (SSSR count).